The van der Waals surface area contributed by atoms with Crippen LogP contribution in [0.2, 0.25) is 5.02 Å². The summed E-state index contributed by atoms with van der Waals surface area (Å²) in [5.74, 6) is 0.111. The van der Waals surface area contributed by atoms with Crippen LogP contribution in [0.1, 0.15) is 21.6 Å². The van der Waals surface area contributed by atoms with Gasteiger partial charge in [0.2, 0.25) is 0 Å². The third-order valence-electron chi connectivity index (χ3n) is 3.30. The standard InChI is InChI=1S/C16H12ClNO2/c1-9-15(13-7-6-12(19)8-14(13)18-9)16(20)10-2-4-11(17)5-3-10/h2-8,18-19H,1H3. The zero-order chi connectivity index (χ0) is 14.3. The lowest BCUT2D eigenvalue weighted by atomic mass is 10.0. The lowest BCUT2D eigenvalue weighted by Gasteiger charge is -2.02. The summed E-state index contributed by atoms with van der Waals surface area (Å²) < 4.78 is 0. The van der Waals surface area contributed by atoms with Gasteiger partial charge < -0.3 is 10.1 Å². The zero-order valence-corrected chi connectivity index (χ0v) is 11.5. The van der Waals surface area contributed by atoms with Crippen molar-refractivity contribution in [2.75, 3.05) is 0 Å². The minimum atomic E-state index is -0.0592. The summed E-state index contributed by atoms with van der Waals surface area (Å²) >= 11 is 5.84. The number of aryl methyl sites for hydroxylation is 1. The van der Waals surface area contributed by atoms with Gasteiger partial charge in [0.15, 0.2) is 5.78 Å². The Morgan fingerprint density at radius 2 is 1.85 bits per heavy atom. The van der Waals surface area contributed by atoms with E-state index in [-0.39, 0.29) is 11.5 Å². The monoisotopic (exact) mass is 285 g/mol. The summed E-state index contributed by atoms with van der Waals surface area (Å²) in [5.41, 5.74) is 2.75. The first-order valence-corrected chi connectivity index (χ1v) is 6.55. The second-order valence-corrected chi connectivity index (χ2v) is 5.13. The number of phenols is 1. The fourth-order valence-corrected chi connectivity index (χ4v) is 2.48. The predicted molar refractivity (Wildman–Crippen MR) is 79.6 cm³/mol. The summed E-state index contributed by atoms with van der Waals surface area (Å²) in [6.07, 6.45) is 0. The smallest absolute Gasteiger partial charge is 0.195 e. The van der Waals surface area contributed by atoms with E-state index in [9.17, 15) is 9.90 Å². The molecule has 0 aliphatic rings. The number of aromatic amines is 1. The highest BCUT2D eigenvalue weighted by atomic mass is 35.5. The number of fused-ring (bicyclic) bond motifs is 1. The molecule has 0 atom stereocenters. The van der Waals surface area contributed by atoms with Crippen LogP contribution in [0.4, 0.5) is 0 Å². The summed E-state index contributed by atoms with van der Waals surface area (Å²) in [7, 11) is 0. The Kier molecular flexibility index (Phi) is 2.99. The summed E-state index contributed by atoms with van der Waals surface area (Å²) in [6, 6.07) is 11.8. The van der Waals surface area contributed by atoms with Crippen LogP contribution in [0.3, 0.4) is 0 Å². The van der Waals surface area contributed by atoms with Crippen molar-refractivity contribution < 1.29 is 9.90 Å². The number of aromatic hydroxyl groups is 1. The number of H-pyrrole nitrogens is 1. The lowest BCUT2D eigenvalue weighted by molar-refractivity contribution is 0.103. The van der Waals surface area contributed by atoms with Crippen LogP contribution in [-0.4, -0.2) is 15.9 Å². The number of aromatic nitrogens is 1. The number of benzene rings is 2. The van der Waals surface area contributed by atoms with Crippen LogP contribution >= 0.6 is 11.6 Å². The van der Waals surface area contributed by atoms with Crippen molar-refractivity contribution in [1.82, 2.24) is 4.98 Å². The Balaban J connectivity index is 2.16. The SMILES string of the molecule is Cc1[nH]c2cc(O)ccc2c1C(=O)c1ccc(Cl)cc1. The normalized spacial score (nSPS) is 10.9. The van der Waals surface area contributed by atoms with Gasteiger partial charge in [-0.25, -0.2) is 0 Å². The molecule has 4 heteroatoms. The molecule has 0 fully saturated rings. The second-order valence-electron chi connectivity index (χ2n) is 4.69. The third-order valence-corrected chi connectivity index (χ3v) is 3.56. The maximum atomic E-state index is 12.6. The van der Waals surface area contributed by atoms with Crippen LogP contribution in [0.15, 0.2) is 42.5 Å². The van der Waals surface area contributed by atoms with Gasteiger partial charge in [-0.3, -0.25) is 4.79 Å². The Hall–Kier alpha value is -2.26. The second kappa shape index (κ2) is 4.69. The highest BCUT2D eigenvalue weighted by molar-refractivity contribution is 6.30. The topological polar surface area (TPSA) is 53.1 Å². The van der Waals surface area contributed by atoms with E-state index < -0.39 is 0 Å². The number of ketones is 1. The van der Waals surface area contributed by atoms with Crippen LogP contribution in [-0.2, 0) is 0 Å². The van der Waals surface area contributed by atoms with Gasteiger partial charge in [-0.1, -0.05) is 11.6 Å². The van der Waals surface area contributed by atoms with Crippen molar-refractivity contribution in [2.24, 2.45) is 0 Å². The van der Waals surface area contributed by atoms with Crippen molar-refractivity contribution in [3.63, 3.8) is 0 Å². The Bertz CT molecular complexity index is 803. The fourth-order valence-electron chi connectivity index (χ4n) is 2.36. The van der Waals surface area contributed by atoms with Crippen molar-refractivity contribution in [2.45, 2.75) is 6.92 Å². The molecule has 0 aliphatic heterocycles. The summed E-state index contributed by atoms with van der Waals surface area (Å²) in [5, 5.41) is 10.9. The molecule has 0 saturated carbocycles. The molecule has 0 saturated heterocycles. The number of carbonyl (C=O) groups excluding carboxylic acids is 1. The molecule has 1 heterocycles. The largest absolute Gasteiger partial charge is 0.508 e. The quantitative estimate of drug-likeness (QED) is 0.698. The van der Waals surface area contributed by atoms with E-state index >= 15 is 0 Å². The van der Waals surface area contributed by atoms with Gasteiger partial charge in [-0.05, 0) is 43.3 Å². The molecule has 0 radical (unpaired) electrons. The first-order chi connectivity index (χ1) is 9.56. The minimum absolute atomic E-state index is 0.0592. The van der Waals surface area contributed by atoms with E-state index in [1.807, 2.05) is 6.92 Å². The number of hydrogen-bond donors (Lipinski definition) is 2. The molecule has 100 valence electrons. The van der Waals surface area contributed by atoms with Gasteiger partial charge in [-0.2, -0.15) is 0 Å². The molecule has 3 rings (SSSR count). The molecule has 0 bridgehead atoms. The van der Waals surface area contributed by atoms with Gasteiger partial charge in [0.1, 0.15) is 5.75 Å². The molecule has 3 aromatic rings. The van der Waals surface area contributed by atoms with Gasteiger partial charge >= 0.3 is 0 Å². The number of rotatable bonds is 2. The van der Waals surface area contributed by atoms with E-state index in [1.54, 1.807) is 42.5 Å². The molecular formula is C16H12ClNO2. The first kappa shape index (κ1) is 12.8. The minimum Gasteiger partial charge on any atom is -0.508 e. The molecule has 0 amide bonds. The maximum Gasteiger partial charge on any atom is 0.195 e. The van der Waals surface area contributed by atoms with Crippen molar-refractivity contribution in [3.8, 4) is 5.75 Å². The Morgan fingerprint density at radius 3 is 2.55 bits per heavy atom. The molecule has 0 aliphatic carbocycles. The Labute approximate surface area is 120 Å². The van der Waals surface area contributed by atoms with Gasteiger partial charge in [0.05, 0.1) is 11.1 Å². The number of nitrogens with one attached hydrogen (secondary N) is 1. The summed E-state index contributed by atoms with van der Waals surface area (Å²) in [4.78, 5) is 15.7. The van der Waals surface area contributed by atoms with Gasteiger partial charge in [0.25, 0.3) is 0 Å². The third kappa shape index (κ3) is 2.06. The number of phenolic OH excluding ortho intramolecular Hbond substituents is 1. The molecule has 2 N–H and O–H groups in total. The van der Waals surface area contributed by atoms with Crippen LogP contribution < -0.4 is 0 Å². The fraction of sp³-hybridized carbons (Fsp3) is 0.0625. The van der Waals surface area contributed by atoms with Crippen LogP contribution in [0.5, 0.6) is 5.75 Å². The molecule has 20 heavy (non-hydrogen) atoms. The van der Waals surface area contributed by atoms with Crippen LogP contribution in [0, 0.1) is 6.92 Å². The number of hydrogen-bond acceptors (Lipinski definition) is 2. The molecular weight excluding hydrogens is 274 g/mol. The maximum absolute atomic E-state index is 12.6. The molecule has 2 aromatic carbocycles. The number of carbonyl (C=O) groups is 1. The van der Waals surface area contributed by atoms with Crippen molar-refractivity contribution in [3.05, 3.63) is 64.3 Å². The molecule has 1 aromatic heterocycles. The number of halogens is 1. The van der Waals surface area contributed by atoms with Gasteiger partial charge in [0, 0.05) is 27.7 Å². The lowest BCUT2D eigenvalue weighted by Crippen LogP contribution is -2.02. The van der Waals surface area contributed by atoms with E-state index in [0.29, 0.717) is 16.1 Å². The average molecular weight is 286 g/mol. The van der Waals surface area contributed by atoms with Crippen LogP contribution in [0.25, 0.3) is 10.9 Å². The predicted octanol–water partition coefficient (Wildman–Crippen LogP) is 4.07. The molecule has 0 unspecified atom stereocenters. The average Bonchev–Trinajstić information content (AvgIpc) is 2.73. The van der Waals surface area contributed by atoms with Crippen molar-refractivity contribution >= 4 is 28.3 Å². The highest BCUT2D eigenvalue weighted by Gasteiger charge is 2.17. The zero-order valence-electron chi connectivity index (χ0n) is 10.8. The van der Waals surface area contributed by atoms with Gasteiger partial charge in [-0.15, -0.1) is 0 Å². The van der Waals surface area contributed by atoms with E-state index in [1.165, 1.54) is 0 Å². The molecule has 3 nitrogen and oxygen atoms in total. The van der Waals surface area contributed by atoms with E-state index in [0.717, 1.165) is 16.6 Å². The molecule has 0 spiro atoms. The van der Waals surface area contributed by atoms with E-state index in [4.69, 9.17) is 11.6 Å². The first-order valence-electron chi connectivity index (χ1n) is 6.18. The van der Waals surface area contributed by atoms with E-state index in [2.05, 4.69) is 4.98 Å². The van der Waals surface area contributed by atoms with Crippen molar-refractivity contribution in [1.29, 1.82) is 0 Å². The summed E-state index contributed by atoms with van der Waals surface area (Å²) in [6.45, 7) is 1.85. The highest BCUT2D eigenvalue weighted by Crippen LogP contribution is 2.27. The Morgan fingerprint density at radius 1 is 1.15 bits per heavy atom.